The summed E-state index contributed by atoms with van der Waals surface area (Å²) in [5, 5.41) is 13.0. The van der Waals surface area contributed by atoms with E-state index in [2.05, 4.69) is 37.4 Å². The van der Waals surface area contributed by atoms with Crippen molar-refractivity contribution < 1.29 is 9.84 Å². The molecule has 20 heavy (non-hydrogen) atoms. The molecule has 0 fully saturated rings. The maximum atomic E-state index is 9.23. The molecule has 0 bridgehead atoms. The largest absolute Gasteiger partial charge is 0.497 e. The minimum absolute atomic E-state index is 0.244. The fourth-order valence-corrected chi connectivity index (χ4v) is 3.08. The van der Waals surface area contributed by atoms with E-state index in [0.717, 1.165) is 25.0 Å². The van der Waals surface area contributed by atoms with Gasteiger partial charge < -0.3 is 15.2 Å². The summed E-state index contributed by atoms with van der Waals surface area (Å²) in [7, 11) is 1.72. The first-order valence-corrected chi connectivity index (χ1v) is 7.69. The molecule has 1 aromatic rings. The van der Waals surface area contributed by atoms with E-state index in [0.29, 0.717) is 18.0 Å². The summed E-state index contributed by atoms with van der Waals surface area (Å²) in [6.07, 6.45) is 4.35. The van der Waals surface area contributed by atoms with E-state index in [1.54, 1.807) is 7.11 Å². The van der Waals surface area contributed by atoms with Crippen LogP contribution in [0.3, 0.4) is 0 Å². The van der Waals surface area contributed by atoms with Crippen LogP contribution in [0.2, 0.25) is 0 Å². The van der Waals surface area contributed by atoms with Gasteiger partial charge in [-0.05, 0) is 54.9 Å². The second kappa shape index (κ2) is 7.09. The lowest BCUT2D eigenvalue weighted by Gasteiger charge is -2.32. The van der Waals surface area contributed by atoms with Crippen molar-refractivity contribution >= 4 is 0 Å². The number of ether oxygens (including phenoxy) is 1. The van der Waals surface area contributed by atoms with E-state index in [4.69, 9.17) is 4.74 Å². The van der Waals surface area contributed by atoms with Crippen LogP contribution in [-0.2, 0) is 6.42 Å². The molecule has 112 valence electrons. The van der Waals surface area contributed by atoms with Crippen molar-refractivity contribution in [3.8, 4) is 5.75 Å². The average Bonchev–Trinajstić information content (AvgIpc) is 2.46. The highest BCUT2D eigenvalue weighted by Crippen LogP contribution is 2.33. The van der Waals surface area contributed by atoms with E-state index < -0.39 is 0 Å². The molecule has 0 spiro atoms. The quantitative estimate of drug-likeness (QED) is 0.839. The van der Waals surface area contributed by atoms with Gasteiger partial charge in [-0.1, -0.05) is 19.9 Å². The van der Waals surface area contributed by atoms with Gasteiger partial charge in [-0.3, -0.25) is 0 Å². The SMILES string of the molecule is COc1ccc2c(c1)C(NC(CCO)C(C)C)CCC2. The van der Waals surface area contributed by atoms with Crippen LogP contribution in [-0.4, -0.2) is 24.9 Å². The van der Waals surface area contributed by atoms with Gasteiger partial charge in [0.2, 0.25) is 0 Å². The first-order chi connectivity index (χ1) is 9.65. The van der Waals surface area contributed by atoms with Gasteiger partial charge in [0, 0.05) is 18.7 Å². The average molecular weight is 277 g/mol. The lowest BCUT2D eigenvalue weighted by molar-refractivity contribution is 0.230. The second-order valence-electron chi connectivity index (χ2n) is 6.04. The van der Waals surface area contributed by atoms with Crippen LogP contribution in [0, 0.1) is 5.92 Å². The van der Waals surface area contributed by atoms with Gasteiger partial charge >= 0.3 is 0 Å². The first kappa shape index (κ1) is 15.3. The summed E-state index contributed by atoms with van der Waals surface area (Å²) in [5.41, 5.74) is 2.81. The van der Waals surface area contributed by atoms with Gasteiger partial charge in [0.05, 0.1) is 7.11 Å². The van der Waals surface area contributed by atoms with Crippen LogP contribution in [0.15, 0.2) is 18.2 Å². The Morgan fingerprint density at radius 1 is 1.40 bits per heavy atom. The van der Waals surface area contributed by atoms with Crippen LogP contribution in [0.5, 0.6) is 5.75 Å². The highest BCUT2D eigenvalue weighted by atomic mass is 16.5. The Morgan fingerprint density at radius 2 is 2.20 bits per heavy atom. The highest BCUT2D eigenvalue weighted by Gasteiger charge is 2.24. The van der Waals surface area contributed by atoms with E-state index >= 15 is 0 Å². The zero-order valence-electron chi connectivity index (χ0n) is 12.9. The molecule has 3 heteroatoms. The molecule has 0 heterocycles. The molecule has 1 aromatic carbocycles. The molecule has 0 radical (unpaired) electrons. The number of hydrogen-bond acceptors (Lipinski definition) is 3. The fraction of sp³-hybridized carbons (Fsp3) is 0.647. The zero-order chi connectivity index (χ0) is 14.5. The number of methoxy groups -OCH3 is 1. The fourth-order valence-electron chi connectivity index (χ4n) is 3.08. The van der Waals surface area contributed by atoms with E-state index in [1.807, 2.05) is 0 Å². The second-order valence-corrected chi connectivity index (χ2v) is 6.04. The summed E-state index contributed by atoms with van der Waals surface area (Å²) < 4.78 is 5.36. The van der Waals surface area contributed by atoms with E-state index in [-0.39, 0.29) is 6.61 Å². The molecule has 1 aliphatic carbocycles. The molecule has 2 rings (SSSR count). The molecule has 2 atom stereocenters. The Labute approximate surface area is 122 Å². The Balaban J connectivity index is 2.18. The molecular formula is C17H27NO2. The predicted octanol–water partition coefficient (Wildman–Crippen LogP) is 3.07. The van der Waals surface area contributed by atoms with Crippen LogP contribution in [0.25, 0.3) is 0 Å². The Hall–Kier alpha value is -1.06. The first-order valence-electron chi connectivity index (χ1n) is 7.69. The standard InChI is InChI=1S/C17H27NO2/c1-12(2)16(9-10-19)18-17-6-4-5-13-7-8-14(20-3)11-15(13)17/h7-8,11-12,16-19H,4-6,9-10H2,1-3H3. The van der Waals surface area contributed by atoms with Gasteiger partial charge in [0.15, 0.2) is 0 Å². The van der Waals surface area contributed by atoms with Crippen molar-refractivity contribution in [2.75, 3.05) is 13.7 Å². The van der Waals surface area contributed by atoms with Gasteiger partial charge in [-0.2, -0.15) is 0 Å². The number of fused-ring (bicyclic) bond motifs is 1. The number of nitrogens with one attached hydrogen (secondary N) is 1. The summed E-state index contributed by atoms with van der Waals surface area (Å²) in [6, 6.07) is 7.16. The minimum atomic E-state index is 0.244. The van der Waals surface area contributed by atoms with Gasteiger partial charge in [-0.25, -0.2) is 0 Å². The number of aliphatic hydroxyl groups is 1. The third kappa shape index (κ3) is 3.53. The molecule has 0 aliphatic heterocycles. The normalized spacial score (nSPS) is 19.8. The topological polar surface area (TPSA) is 41.5 Å². The summed E-state index contributed by atoms with van der Waals surface area (Å²) >= 11 is 0. The predicted molar refractivity (Wildman–Crippen MR) is 82.1 cm³/mol. The van der Waals surface area contributed by atoms with Crippen LogP contribution >= 0.6 is 0 Å². The number of aryl methyl sites for hydroxylation is 1. The number of rotatable bonds is 6. The summed E-state index contributed by atoms with van der Waals surface area (Å²) in [4.78, 5) is 0. The van der Waals surface area contributed by atoms with Crippen molar-refractivity contribution in [2.45, 2.75) is 51.6 Å². The smallest absolute Gasteiger partial charge is 0.119 e. The molecule has 2 unspecified atom stereocenters. The van der Waals surface area contributed by atoms with Crippen molar-refractivity contribution in [1.29, 1.82) is 0 Å². The Bertz CT molecular complexity index is 431. The summed E-state index contributed by atoms with van der Waals surface area (Å²) in [6.45, 7) is 4.67. The molecule has 0 aromatic heterocycles. The lowest BCUT2D eigenvalue weighted by atomic mass is 9.86. The van der Waals surface area contributed by atoms with Crippen LogP contribution < -0.4 is 10.1 Å². The van der Waals surface area contributed by atoms with E-state index in [1.165, 1.54) is 17.5 Å². The van der Waals surface area contributed by atoms with Crippen LogP contribution in [0.4, 0.5) is 0 Å². The third-order valence-electron chi connectivity index (χ3n) is 4.33. The maximum Gasteiger partial charge on any atom is 0.119 e. The van der Waals surface area contributed by atoms with Crippen molar-refractivity contribution in [1.82, 2.24) is 5.32 Å². The Morgan fingerprint density at radius 3 is 2.85 bits per heavy atom. The minimum Gasteiger partial charge on any atom is -0.497 e. The molecule has 2 N–H and O–H groups in total. The van der Waals surface area contributed by atoms with Gasteiger partial charge in [0.25, 0.3) is 0 Å². The van der Waals surface area contributed by atoms with Crippen molar-refractivity contribution in [2.24, 2.45) is 5.92 Å². The molecule has 0 saturated heterocycles. The van der Waals surface area contributed by atoms with E-state index in [9.17, 15) is 5.11 Å². The van der Waals surface area contributed by atoms with Crippen molar-refractivity contribution in [3.63, 3.8) is 0 Å². The number of hydrogen-bond donors (Lipinski definition) is 2. The lowest BCUT2D eigenvalue weighted by Crippen LogP contribution is -2.38. The number of benzene rings is 1. The molecule has 0 amide bonds. The molecular weight excluding hydrogens is 250 g/mol. The van der Waals surface area contributed by atoms with Crippen molar-refractivity contribution in [3.05, 3.63) is 29.3 Å². The zero-order valence-corrected chi connectivity index (χ0v) is 12.9. The van der Waals surface area contributed by atoms with Crippen LogP contribution in [0.1, 0.15) is 50.3 Å². The third-order valence-corrected chi connectivity index (χ3v) is 4.33. The number of aliphatic hydroxyl groups excluding tert-OH is 1. The van der Waals surface area contributed by atoms with Gasteiger partial charge in [0.1, 0.15) is 5.75 Å². The monoisotopic (exact) mass is 277 g/mol. The van der Waals surface area contributed by atoms with Gasteiger partial charge in [-0.15, -0.1) is 0 Å². The highest BCUT2D eigenvalue weighted by molar-refractivity contribution is 5.39. The molecule has 0 saturated carbocycles. The molecule has 1 aliphatic rings. The Kier molecular flexibility index (Phi) is 5.44. The summed E-state index contributed by atoms with van der Waals surface area (Å²) in [5.74, 6) is 1.46. The maximum absolute atomic E-state index is 9.23. The molecule has 3 nitrogen and oxygen atoms in total.